The lowest BCUT2D eigenvalue weighted by Crippen LogP contribution is -2.15. The van der Waals surface area contributed by atoms with Gasteiger partial charge in [-0.15, -0.1) is 0 Å². The highest BCUT2D eigenvalue weighted by Crippen LogP contribution is 2.21. The van der Waals surface area contributed by atoms with Crippen molar-refractivity contribution in [3.63, 3.8) is 0 Å². The molecule has 0 aromatic carbocycles. The Hall–Kier alpha value is -0.570. The van der Waals surface area contributed by atoms with Crippen molar-refractivity contribution in [2.45, 2.75) is 39.0 Å². The van der Waals surface area contributed by atoms with Crippen molar-refractivity contribution in [1.29, 1.82) is 0 Å². The first kappa shape index (κ1) is 11.5. The molecule has 0 aliphatic carbocycles. The van der Waals surface area contributed by atoms with E-state index in [1.165, 1.54) is 19.3 Å². The Labute approximate surface area is 85.9 Å². The minimum Gasteiger partial charge on any atom is -0.481 e. The van der Waals surface area contributed by atoms with E-state index in [-0.39, 0.29) is 5.92 Å². The monoisotopic (exact) mass is 199 g/mol. The summed E-state index contributed by atoms with van der Waals surface area (Å²) in [4.78, 5) is 10.6. The fraction of sp³-hybridized carbons (Fsp3) is 0.909. The summed E-state index contributed by atoms with van der Waals surface area (Å²) in [7, 11) is 0. The number of carbonyl (C=O) groups is 1. The predicted octanol–water partition coefficient (Wildman–Crippen LogP) is 1.88. The van der Waals surface area contributed by atoms with Crippen molar-refractivity contribution < 1.29 is 9.90 Å². The Morgan fingerprint density at radius 3 is 3.00 bits per heavy atom. The lowest BCUT2D eigenvalue weighted by Gasteiger charge is -2.14. The molecule has 2 atom stereocenters. The van der Waals surface area contributed by atoms with Crippen molar-refractivity contribution >= 4 is 5.97 Å². The molecule has 1 aliphatic rings. The van der Waals surface area contributed by atoms with Crippen LogP contribution < -0.4 is 5.32 Å². The van der Waals surface area contributed by atoms with Crippen molar-refractivity contribution in [3.8, 4) is 0 Å². The summed E-state index contributed by atoms with van der Waals surface area (Å²) in [6, 6.07) is 0. The van der Waals surface area contributed by atoms with Gasteiger partial charge in [0.05, 0.1) is 5.92 Å². The fourth-order valence-electron chi connectivity index (χ4n) is 1.99. The molecule has 82 valence electrons. The zero-order valence-corrected chi connectivity index (χ0v) is 8.96. The molecule has 14 heavy (non-hydrogen) atoms. The summed E-state index contributed by atoms with van der Waals surface area (Å²) in [6.07, 6.45) is 5.63. The molecular formula is C11H21NO2. The van der Waals surface area contributed by atoms with E-state index in [1.54, 1.807) is 6.92 Å². The number of hydrogen-bond donors (Lipinski definition) is 2. The van der Waals surface area contributed by atoms with E-state index in [1.807, 2.05) is 0 Å². The summed E-state index contributed by atoms with van der Waals surface area (Å²) < 4.78 is 0. The van der Waals surface area contributed by atoms with Crippen LogP contribution in [0.4, 0.5) is 0 Å². The zero-order valence-electron chi connectivity index (χ0n) is 8.96. The van der Waals surface area contributed by atoms with Gasteiger partial charge in [-0.1, -0.05) is 6.92 Å². The molecular weight excluding hydrogens is 178 g/mol. The number of rotatable bonds is 4. The number of carboxylic acid groups (broad SMARTS) is 1. The highest BCUT2D eigenvalue weighted by atomic mass is 16.4. The molecule has 3 heteroatoms. The summed E-state index contributed by atoms with van der Waals surface area (Å²) >= 11 is 0. The molecule has 2 unspecified atom stereocenters. The van der Waals surface area contributed by atoms with Gasteiger partial charge in [0.25, 0.3) is 0 Å². The Balaban J connectivity index is 2.18. The number of aliphatic carboxylic acids is 1. The maximum atomic E-state index is 10.6. The zero-order chi connectivity index (χ0) is 10.4. The minimum absolute atomic E-state index is 0.175. The van der Waals surface area contributed by atoms with E-state index in [0.29, 0.717) is 0 Å². The molecule has 0 bridgehead atoms. The molecule has 0 aromatic rings. The average Bonchev–Trinajstić information content (AvgIpc) is 2.42. The maximum Gasteiger partial charge on any atom is 0.306 e. The normalized spacial score (nSPS) is 25.4. The lowest BCUT2D eigenvalue weighted by molar-refractivity contribution is -0.141. The quantitative estimate of drug-likeness (QED) is 0.726. The highest BCUT2D eigenvalue weighted by molar-refractivity contribution is 5.69. The highest BCUT2D eigenvalue weighted by Gasteiger charge is 2.16. The van der Waals surface area contributed by atoms with Gasteiger partial charge < -0.3 is 10.4 Å². The van der Waals surface area contributed by atoms with Crippen LogP contribution in [0.5, 0.6) is 0 Å². The molecule has 3 nitrogen and oxygen atoms in total. The molecule has 2 N–H and O–H groups in total. The second-order valence-electron chi connectivity index (χ2n) is 4.36. The molecule has 1 saturated heterocycles. The van der Waals surface area contributed by atoms with Crippen molar-refractivity contribution in [3.05, 3.63) is 0 Å². The molecule has 0 saturated carbocycles. The SMILES string of the molecule is CC(CCC1CCCNCC1)C(=O)O. The summed E-state index contributed by atoms with van der Waals surface area (Å²) in [5.41, 5.74) is 0. The summed E-state index contributed by atoms with van der Waals surface area (Å²) in [6.45, 7) is 4.04. The van der Waals surface area contributed by atoms with Gasteiger partial charge in [-0.05, 0) is 51.1 Å². The first-order chi connectivity index (χ1) is 6.70. The standard InChI is InChI=1S/C11H21NO2/c1-9(11(13)14)4-5-10-3-2-7-12-8-6-10/h9-10,12H,2-8H2,1H3,(H,13,14). The smallest absolute Gasteiger partial charge is 0.306 e. The van der Waals surface area contributed by atoms with E-state index in [4.69, 9.17) is 5.11 Å². The summed E-state index contributed by atoms with van der Waals surface area (Å²) in [5.74, 6) is -0.0882. The molecule has 1 fully saturated rings. The van der Waals surface area contributed by atoms with E-state index in [2.05, 4.69) is 5.32 Å². The van der Waals surface area contributed by atoms with E-state index in [0.717, 1.165) is 31.8 Å². The lowest BCUT2D eigenvalue weighted by atomic mass is 9.91. The van der Waals surface area contributed by atoms with Gasteiger partial charge in [0, 0.05) is 0 Å². The summed E-state index contributed by atoms with van der Waals surface area (Å²) in [5, 5.41) is 12.1. The van der Waals surface area contributed by atoms with Crippen LogP contribution in [0.2, 0.25) is 0 Å². The minimum atomic E-state index is -0.656. The Morgan fingerprint density at radius 2 is 2.29 bits per heavy atom. The predicted molar refractivity (Wildman–Crippen MR) is 56.2 cm³/mol. The van der Waals surface area contributed by atoms with Crippen LogP contribution in [-0.2, 0) is 4.79 Å². The van der Waals surface area contributed by atoms with Gasteiger partial charge in [0.15, 0.2) is 0 Å². The van der Waals surface area contributed by atoms with Crippen LogP contribution in [0.3, 0.4) is 0 Å². The molecule has 0 spiro atoms. The third-order valence-electron chi connectivity index (χ3n) is 3.12. The molecule has 0 radical (unpaired) electrons. The second kappa shape index (κ2) is 6.02. The average molecular weight is 199 g/mol. The maximum absolute atomic E-state index is 10.6. The molecule has 0 aromatic heterocycles. The van der Waals surface area contributed by atoms with Gasteiger partial charge >= 0.3 is 5.97 Å². The Morgan fingerprint density at radius 1 is 1.50 bits per heavy atom. The fourth-order valence-corrected chi connectivity index (χ4v) is 1.99. The number of hydrogen-bond acceptors (Lipinski definition) is 2. The second-order valence-corrected chi connectivity index (χ2v) is 4.36. The van der Waals surface area contributed by atoms with Crippen LogP contribution in [0.25, 0.3) is 0 Å². The van der Waals surface area contributed by atoms with Gasteiger partial charge in [-0.2, -0.15) is 0 Å². The van der Waals surface area contributed by atoms with E-state index >= 15 is 0 Å². The van der Waals surface area contributed by atoms with Crippen molar-refractivity contribution in [2.24, 2.45) is 11.8 Å². The van der Waals surface area contributed by atoms with Gasteiger partial charge in [-0.3, -0.25) is 4.79 Å². The van der Waals surface area contributed by atoms with Crippen molar-refractivity contribution in [2.75, 3.05) is 13.1 Å². The topological polar surface area (TPSA) is 49.3 Å². The first-order valence-corrected chi connectivity index (χ1v) is 5.63. The Kier molecular flexibility index (Phi) is 4.94. The van der Waals surface area contributed by atoms with Crippen molar-refractivity contribution in [1.82, 2.24) is 5.32 Å². The largest absolute Gasteiger partial charge is 0.481 e. The van der Waals surface area contributed by atoms with Crippen LogP contribution in [0, 0.1) is 11.8 Å². The van der Waals surface area contributed by atoms with Crippen LogP contribution >= 0.6 is 0 Å². The third-order valence-corrected chi connectivity index (χ3v) is 3.12. The van der Waals surface area contributed by atoms with E-state index in [9.17, 15) is 4.79 Å². The van der Waals surface area contributed by atoms with Gasteiger partial charge in [0.1, 0.15) is 0 Å². The molecule has 0 amide bonds. The third kappa shape index (κ3) is 4.09. The number of carboxylic acids is 1. The van der Waals surface area contributed by atoms with Crippen LogP contribution in [-0.4, -0.2) is 24.2 Å². The van der Waals surface area contributed by atoms with E-state index < -0.39 is 5.97 Å². The van der Waals surface area contributed by atoms with Crippen LogP contribution in [0.15, 0.2) is 0 Å². The first-order valence-electron chi connectivity index (χ1n) is 5.63. The number of nitrogens with one attached hydrogen (secondary N) is 1. The molecule has 1 rings (SSSR count). The molecule has 1 aliphatic heterocycles. The molecule has 1 heterocycles. The van der Waals surface area contributed by atoms with Gasteiger partial charge in [0.2, 0.25) is 0 Å². The van der Waals surface area contributed by atoms with Gasteiger partial charge in [-0.25, -0.2) is 0 Å². The van der Waals surface area contributed by atoms with Crippen LogP contribution in [0.1, 0.15) is 39.0 Å². The Bertz CT molecular complexity index is 174.